The Kier molecular flexibility index (Phi) is 7.37. The van der Waals surface area contributed by atoms with E-state index in [-0.39, 0.29) is 23.3 Å². The average Bonchev–Trinajstić information content (AvgIpc) is 3.57. The third kappa shape index (κ3) is 5.37. The number of para-hydroxylation sites is 1. The topological polar surface area (TPSA) is 90.6 Å². The lowest BCUT2D eigenvalue weighted by Crippen LogP contribution is -2.51. The Morgan fingerprint density at radius 3 is 2.77 bits per heavy atom. The van der Waals surface area contributed by atoms with E-state index in [1.165, 1.54) is 5.56 Å². The highest BCUT2D eigenvalue weighted by Gasteiger charge is 2.41. The van der Waals surface area contributed by atoms with Gasteiger partial charge in [-0.25, -0.2) is 0 Å². The van der Waals surface area contributed by atoms with Gasteiger partial charge in [0.1, 0.15) is 12.4 Å². The Labute approximate surface area is 207 Å². The molecule has 2 amide bonds. The predicted octanol–water partition coefficient (Wildman–Crippen LogP) is 3.08. The smallest absolute Gasteiger partial charge is 0.237 e. The molecule has 0 radical (unpaired) electrons. The Hall–Kier alpha value is -2.87. The van der Waals surface area contributed by atoms with Crippen LogP contribution >= 0.6 is 0 Å². The summed E-state index contributed by atoms with van der Waals surface area (Å²) < 4.78 is 5.96. The molecule has 0 bridgehead atoms. The second-order valence-electron chi connectivity index (χ2n) is 10.2. The number of aryl methyl sites for hydroxylation is 1. The van der Waals surface area contributed by atoms with E-state index in [0.29, 0.717) is 19.7 Å². The number of carbonyl (C=O) groups is 2. The van der Waals surface area contributed by atoms with Crippen molar-refractivity contribution < 1.29 is 14.3 Å². The van der Waals surface area contributed by atoms with Crippen molar-refractivity contribution >= 4 is 11.8 Å². The van der Waals surface area contributed by atoms with Crippen molar-refractivity contribution in [2.75, 3.05) is 39.3 Å². The molecule has 3 aliphatic heterocycles. The van der Waals surface area contributed by atoms with Crippen LogP contribution in [0.15, 0.2) is 36.5 Å². The van der Waals surface area contributed by atoms with Crippen molar-refractivity contribution in [3.63, 3.8) is 0 Å². The van der Waals surface area contributed by atoms with Crippen molar-refractivity contribution in [2.45, 2.75) is 57.4 Å². The maximum atomic E-state index is 13.3. The first kappa shape index (κ1) is 23.9. The summed E-state index contributed by atoms with van der Waals surface area (Å²) in [5, 5.41) is 10.2. The van der Waals surface area contributed by atoms with Crippen LogP contribution in [0.1, 0.15) is 62.2 Å². The van der Waals surface area contributed by atoms with Crippen molar-refractivity contribution in [3.8, 4) is 5.75 Å². The molecule has 1 aromatic carbocycles. The first-order valence-electron chi connectivity index (χ1n) is 13.1. The number of nitrogens with zero attached hydrogens (tertiary/aromatic N) is 3. The van der Waals surface area contributed by atoms with Gasteiger partial charge < -0.3 is 15.0 Å². The Bertz CT molecular complexity index is 1000. The molecule has 1 aromatic heterocycles. The molecule has 1 atom stereocenters. The lowest BCUT2D eigenvalue weighted by Gasteiger charge is -2.41. The zero-order valence-corrected chi connectivity index (χ0v) is 20.5. The fraction of sp³-hybridized carbons (Fsp3) is 0.593. The molecule has 2 fully saturated rings. The van der Waals surface area contributed by atoms with Crippen LogP contribution in [-0.4, -0.2) is 71.1 Å². The van der Waals surface area contributed by atoms with E-state index in [2.05, 4.69) is 32.5 Å². The number of rotatable bonds is 3. The van der Waals surface area contributed by atoms with Crippen LogP contribution < -0.4 is 10.1 Å². The number of aromatic nitrogens is 2. The molecule has 2 aromatic rings. The van der Waals surface area contributed by atoms with E-state index >= 15 is 0 Å². The number of carbonyl (C=O) groups excluding carboxylic acids is 2. The second-order valence-corrected chi connectivity index (χ2v) is 10.2. The number of benzene rings is 1. The van der Waals surface area contributed by atoms with E-state index in [1.54, 1.807) is 6.20 Å². The second kappa shape index (κ2) is 10.8. The number of aromatic amines is 1. The number of nitrogens with one attached hydrogen (secondary N) is 2. The SMILES string of the molecule is O=C(CN1CCC2(CCCCc3ccccc3OCCNC2=O)CC1)N1CCCC1c1ccn[nH]1. The lowest BCUT2D eigenvalue weighted by atomic mass is 9.73. The minimum atomic E-state index is -0.343. The summed E-state index contributed by atoms with van der Waals surface area (Å²) in [4.78, 5) is 30.7. The molecule has 1 spiro atoms. The quantitative estimate of drug-likeness (QED) is 0.706. The summed E-state index contributed by atoms with van der Waals surface area (Å²) in [6.45, 7) is 3.77. The van der Waals surface area contributed by atoms with Gasteiger partial charge in [0.2, 0.25) is 11.8 Å². The highest BCUT2D eigenvalue weighted by molar-refractivity contribution is 5.83. The van der Waals surface area contributed by atoms with Gasteiger partial charge in [-0.15, -0.1) is 0 Å². The Morgan fingerprint density at radius 2 is 1.94 bits per heavy atom. The maximum Gasteiger partial charge on any atom is 0.237 e. The molecule has 188 valence electrons. The predicted molar refractivity (Wildman–Crippen MR) is 133 cm³/mol. The molecule has 0 aliphatic carbocycles. The summed E-state index contributed by atoms with van der Waals surface area (Å²) in [6, 6.07) is 10.3. The van der Waals surface area contributed by atoms with Crippen LogP contribution in [-0.2, 0) is 16.0 Å². The van der Waals surface area contributed by atoms with Gasteiger partial charge in [-0.2, -0.15) is 5.10 Å². The first-order valence-corrected chi connectivity index (χ1v) is 13.1. The normalized spacial score (nSPS) is 23.6. The van der Waals surface area contributed by atoms with Crippen molar-refractivity contribution in [1.29, 1.82) is 0 Å². The third-order valence-electron chi connectivity index (χ3n) is 8.08. The third-order valence-corrected chi connectivity index (χ3v) is 8.08. The Morgan fingerprint density at radius 1 is 1.09 bits per heavy atom. The Balaban J connectivity index is 1.17. The fourth-order valence-corrected chi connectivity index (χ4v) is 6.00. The van der Waals surface area contributed by atoms with Gasteiger partial charge in [0.05, 0.1) is 30.2 Å². The number of amides is 2. The van der Waals surface area contributed by atoms with E-state index in [4.69, 9.17) is 4.74 Å². The number of fused-ring (bicyclic) bond motifs is 1. The van der Waals surface area contributed by atoms with Gasteiger partial charge in [0.15, 0.2) is 0 Å². The van der Waals surface area contributed by atoms with Gasteiger partial charge in [-0.1, -0.05) is 24.6 Å². The maximum absolute atomic E-state index is 13.3. The summed E-state index contributed by atoms with van der Waals surface area (Å²) in [5.41, 5.74) is 1.92. The van der Waals surface area contributed by atoms with Crippen molar-refractivity contribution in [1.82, 2.24) is 25.3 Å². The number of H-pyrrole nitrogens is 1. The number of hydrogen-bond acceptors (Lipinski definition) is 5. The van der Waals surface area contributed by atoms with Crippen LogP contribution in [0.2, 0.25) is 0 Å². The van der Waals surface area contributed by atoms with Gasteiger partial charge in [0, 0.05) is 12.7 Å². The van der Waals surface area contributed by atoms with Crippen LogP contribution in [0, 0.1) is 5.41 Å². The van der Waals surface area contributed by atoms with E-state index in [9.17, 15) is 9.59 Å². The summed E-state index contributed by atoms with van der Waals surface area (Å²) in [7, 11) is 0. The number of likely N-dealkylation sites (tertiary alicyclic amines) is 2. The van der Waals surface area contributed by atoms with E-state index < -0.39 is 0 Å². The molecular formula is C27H37N5O3. The highest BCUT2D eigenvalue weighted by Crippen LogP contribution is 2.38. The number of hydrogen-bond donors (Lipinski definition) is 2. The zero-order chi connectivity index (χ0) is 24.1. The monoisotopic (exact) mass is 479 g/mol. The van der Waals surface area contributed by atoms with Crippen LogP contribution in [0.4, 0.5) is 0 Å². The van der Waals surface area contributed by atoms with Crippen molar-refractivity contribution in [2.24, 2.45) is 5.41 Å². The van der Waals surface area contributed by atoms with E-state index in [1.807, 2.05) is 23.1 Å². The molecule has 4 heterocycles. The molecule has 3 aliphatic rings. The van der Waals surface area contributed by atoms with Crippen molar-refractivity contribution in [3.05, 3.63) is 47.8 Å². The average molecular weight is 480 g/mol. The standard InChI is InChI=1S/C27H37N5O3/c33-25(32-16-5-8-23(32)22-10-14-29-30-22)20-31-17-12-27(13-18-31)11-4-3-7-21-6-1-2-9-24(21)35-19-15-28-26(27)34/h1-2,6,9-10,14,23H,3-5,7-8,11-13,15-20H2,(H,28,34)(H,29,30). The van der Waals surface area contributed by atoms with Gasteiger partial charge in [-0.3, -0.25) is 19.6 Å². The van der Waals surface area contributed by atoms with Crippen LogP contribution in [0.25, 0.3) is 0 Å². The molecule has 8 nitrogen and oxygen atoms in total. The van der Waals surface area contributed by atoms with Gasteiger partial charge in [-0.05, 0) is 75.7 Å². The number of ether oxygens (including phenoxy) is 1. The van der Waals surface area contributed by atoms with Crippen LogP contribution in [0.5, 0.6) is 5.75 Å². The molecule has 5 rings (SSSR count). The summed E-state index contributed by atoms with van der Waals surface area (Å²) in [5.74, 6) is 1.26. The molecular weight excluding hydrogens is 442 g/mol. The molecule has 8 heteroatoms. The molecule has 0 saturated carbocycles. The lowest BCUT2D eigenvalue weighted by molar-refractivity contribution is -0.137. The minimum absolute atomic E-state index is 0.102. The molecule has 2 saturated heterocycles. The van der Waals surface area contributed by atoms with Gasteiger partial charge >= 0.3 is 0 Å². The molecule has 2 N–H and O–H groups in total. The molecule has 1 unspecified atom stereocenters. The van der Waals surface area contributed by atoms with E-state index in [0.717, 1.165) is 82.4 Å². The number of piperidine rings is 1. The summed E-state index contributed by atoms with van der Waals surface area (Å²) >= 11 is 0. The highest BCUT2D eigenvalue weighted by atomic mass is 16.5. The molecule has 35 heavy (non-hydrogen) atoms. The zero-order valence-electron chi connectivity index (χ0n) is 20.5. The largest absolute Gasteiger partial charge is 0.491 e. The van der Waals surface area contributed by atoms with Crippen LogP contribution in [0.3, 0.4) is 0 Å². The van der Waals surface area contributed by atoms with Gasteiger partial charge in [0.25, 0.3) is 0 Å². The summed E-state index contributed by atoms with van der Waals surface area (Å²) in [6.07, 6.45) is 9.28. The minimum Gasteiger partial charge on any atom is -0.491 e. The fourth-order valence-electron chi connectivity index (χ4n) is 6.00. The first-order chi connectivity index (χ1) is 17.1.